The number of rotatable bonds is 2. The Hall–Kier alpha value is -1.75. The molecule has 21 heavy (non-hydrogen) atoms. The Bertz CT molecular complexity index is 575. The van der Waals surface area contributed by atoms with Gasteiger partial charge in [-0.05, 0) is 52.2 Å². The van der Waals surface area contributed by atoms with Crippen LogP contribution in [0.2, 0.25) is 0 Å². The normalized spacial score (nSPS) is 17.6. The van der Waals surface area contributed by atoms with E-state index in [4.69, 9.17) is 9.31 Å². The Morgan fingerprint density at radius 1 is 1.33 bits per heavy atom. The van der Waals surface area contributed by atoms with Crippen LogP contribution in [0.15, 0.2) is 36.6 Å². The minimum Gasteiger partial charge on any atom is -0.534 e. The molecule has 0 bridgehead atoms. The van der Waals surface area contributed by atoms with Crippen LogP contribution in [0.5, 0.6) is 0 Å². The lowest BCUT2D eigenvalue weighted by atomic mass is 9.78. The van der Waals surface area contributed by atoms with Gasteiger partial charge in [0.2, 0.25) is 0 Å². The highest BCUT2D eigenvalue weighted by molar-refractivity contribution is 6.62. The van der Waals surface area contributed by atoms with Gasteiger partial charge >= 0.3 is 7.12 Å². The molecule has 5 heteroatoms. The lowest BCUT2D eigenvalue weighted by Gasteiger charge is -2.20. The first kappa shape index (κ1) is 15.6. The largest absolute Gasteiger partial charge is 0.563 e. The lowest BCUT2D eigenvalue weighted by Crippen LogP contribution is -2.41. The maximum Gasteiger partial charge on any atom is 0.563 e. The van der Waals surface area contributed by atoms with Gasteiger partial charge in [0.25, 0.3) is 5.91 Å². The topological polar surface area (TPSA) is 47.6 Å². The summed E-state index contributed by atoms with van der Waals surface area (Å²) in [6, 6.07) is 7.28. The van der Waals surface area contributed by atoms with E-state index in [0.29, 0.717) is 11.3 Å². The Morgan fingerprint density at radius 3 is 2.52 bits per heavy atom. The Balaban J connectivity index is 2.19. The second-order valence-corrected chi connectivity index (χ2v) is 6.83. The summed E-state index contributed by atoms with van der Waals surface area (Å²) in [6.07, 6.45) is 0. The zero-order chi connectivity index (χ0) is 15.8. The first-order valence-electron chi connectivity index (χ1n) is 7.05. The maximum atomic E-state index is 12.2. The maximum absolute atomic E-state index is 12.2. The van der Waals surface area contributed by atoms with Crippen molar-refractivity contribution in [1.29, 1.82) is 0 Å². The van der Waals surface area contributed by atoms with Crippen molar-refractivity contribution < 1.29 is 14.1 Å². The third-order valence-electron chi connectivity index (χ3n) is 3.23. The van der Waals surface area contributed by atoms with Gasteiger partial charge in [-0.1, -0.05) is 18.7 Å². The highest BCUT2D eigenvalue weighted by atomic mass is 16.7. The molecule has 0 saturated carbocycles. The number of benzene rings is 1. The molecule has 1 amide bonds. The fourth-order valence-electron chi connectivity index (χ4n) is 2.00. The van der Waals surface area contributed by atoms with Crippen molar-refractivity contribution in [2.24, 2.45) is 0 Å². The van der Waals surface area contributed by atoms with E-state index in [-0.39, 0.29) is 11.4 Å². The van der Waals surface area contributed by atoms with Gasteiger partial charge < -0.3 is 14.6 Å². The zero-order valence-corrected chi connectivity index (χ0v) is 13.3. The third kappa shape index (κ3) is 3.67. The average Bonchev–Trinajstić information content (AvgIpc) is 2.62. The van der Waals surface area contributed by atoms with Crippen LogP contribution in [-0.4, -0.2) is 24.2 Å². The van der Waals surface area contributed by atoms with E-state index in [2.05, 4.69) is 11.9 Å². The molecule has 0 atom stereocenters. The van der Waals surface area contributed by atoms with Crippen LogP contribution in [0.25, 0.3) is 0 Å². The standard InChI is InChI=1S/C16H22BNO3/c1-11-16(5,6)21-17(20-11)13-9-7-8-12(10-13)14(19)18-15(2,3)4/h7-10H,1H2,2-6H3,(H,18,19). The molecule has 1 N–H and O–H groups in total. The van der Waals surface area contributed by atoms with E-state index in [1.54, 1.807) is 12.1 Å². The molecule has 1 heterocycles. The van der Waals surface area contributed by atoms with Crippen molar-refractivity contribution in [1.82, 2.24) is 5.32 Å². The molecule has 0 aromatic heterocycles. The molecule has 1 aliphatic heterocycles. The lowest BCUT2D eigenvalue weighted by molar-refractivity contribution is 0.0919. The molecule has 1 saturated heterocycles. The first-order valence-corrected chi connectivity index (χ1v) is 7.05. The van der Waals surface area contributed by atoms with Gasteiger partial charge in [0.1, 0.15) is 5.60 Å². The molecule has 0 spiro atoms. The van der Waals surface area contributed by atoms with Gasteiger partial charge in [0, 0.05) is 11.1 Å². The molecule has 2 rings (SSSR count). The van der Waals surface area contributed by atoms with Gasteiger partial charge in [-0.3, -0.25) is 4.79 Å². The SMILES string of the molecule is C=C1OB(c2cccc(C(=O)NC(C)(C)C)c2)OC1(C)C. The molecule has 1 aliphatic rings. The van der Waals surface area contributed by atoms with Gasteiger partial charge in [-0.2, -0.15) is 0 Å². The summed E-state index contributed by atoms with van der Waals surface area (Å²) in [5, 5.41) is 2.94. The van der Waals surface area contributed by atoms with Gasteiger partial charge in [0.05, 0.1) is 5.76 Å². The average molecular weight is 287 g/mol. The van der Waals surface area contributed by atoms with Crippen molar-refractivity contribution in [3.05, 3.63) is 42.2 Å². The van der Waals surface area contributed by atoms with E-state index in [1.807, 2.05) is 46.8 Å². The summed E-state index contributed by atoms with van der Waals surface area (Å²) >= 11 is 0. The molecular formula is C16H22BNO3. The zero-order valence-electron chi connectivity index (χ0n) is 13.3. The second kappa shape index (κ2) is 5.22. The number of carbonyl (C=O) groups excluding carboxylic acids is 1. The molecule has 0 radical (unpaired) electrons. The van der Waals surface area contributed by atoms with Crippen LogP contribution in [0.3, 0.4) is 0 Å². The predicted molar refractivity (Wildman–Crippen MR) is 84.4 cm³/mol. The molecule has 112 valence electrons. The molecule has 1 fully saturated rings. The number of amides is 1. The van der Waals surface area contributed by atoms with Crippen LogP contribution in [0.4, 0.5) is 0 Å². The van der Waals surface area contributed by atoms with Gasteiger partial charge in [0.15, 0.2) is 0 Å². The Morgan fingerprint density at radius 2 is 2.00 bits per heavy atom. The molecular weight excluding hydrogens is 265 g/mol. The van der Waals surface area contributed by atoms with Crippen LogP contribution in [-0.2, 0) is 9.31 Å². The molecule has 4 nitrogen and oxygen atoms in total. The molecule has 1 aromatic carbocycles. The summed E-state index contributed by atoms with van der Waals surface area (Å²) in [7, 11) is -0.519. The Kier molecular flexibility index (Phi) is 3.89. The summed E-state index contributed by atoms with van der Waals surface area (Å²) in [4.78, 5) is 12.2. The summed E-state index contributed by atoms with van der Waals surface area (Å²) in [5.74, 6) is 0.484. The van der Waals surface area contributed by atoms with Gasteiger partial charge in [-0.25, -0.2) is 0 Å². The minimum absolute atomic E-state index is 0.111. The summed E-state index contributed by atoms with van der Waals surface area (Å²) in [6.45, 7) is 13.5. The number of nitrogens with one attached hydrogen (secondary N) is 1. The van der Waals surface area contributed by atoms with Crippen molar-refractivity contribution in [2.45, 2.75) is 45.8 Å². The van der Waals surface area contributed by atoms with Crippen LogP contribution >= 0.6 is 0 Å². The van der Waals surface area contributed by atoms with Crippen molar-refractivity contribution in [3.8, 4) is 0 Å². The minimum atomic E-state index is -0.520. The summed E-state index contributed by atoms with van der Waals surface area (Å²) in [5.41, 5.74) is 0.603. The smallest absolute Gasteiger partial charge is 0.534 e. The fourth-order valence-corrected chi connectivity index (χ4v) is 2.00. The molecule has 0 aliphatic carbocycles. The highest BCUT2D eigenvalue weighted by Gasteiger charge is 2.42. The van der Waals surface area contributed by atoms with Crippen LogP contribution < -0.4 is 10.8 Å². The van der Waals surface area contributed by atoms with Crippen LogP contribution in [0.1, 0.15) is 45.0 Å². The van der Waals surface area contributed by atoms with Crippen molar-refractivity contribution >= 4 is 18.5 Å². The van der Waals surface area contributed by atoms with E-state index in [9.17, 15) is 4.79 Å². The number of hydrogen-bond donors (Lipinski definition) is 1. The predicted octanol–water partition coefficient (Wildman–Crippen LogP) is 2.25. The van der Waals surface area contributed by atoms with E-state index >= 15 is 0 Å². The van der Waals surface area contributed by atoms with Crippen molar-refractivity contribution in [2.75, 3.05) is 0 Å². The first-order chi connectivity index (χ1) is 9.58. The summed E-state index contributed by atoms with van der Waals surface area (Å²) < 4.78 is 11.5. The highest BCUT2D eigenvalue weighted by Crippen LogP contribution is 2.29. The molecule has 1 aromatic rings. The van der Waals surface area contributed by atoms with Crippen LogP contribution in [0, 0.1) is 0 Å². The second-order valence-electron chi connectivity index (χ2n) is 6.83. The number of hydrogen-bond acceptors (Lipinski definition) is 3. The number of carbonyl (C=O) groups is 1. The molecule has 0 unspecified atom stereocenters. The van der Waals surface area contributed by atoms with E-state index < -0.39 is 12.7 Å². The van der Waals surface area contributed by atoms with E-state index in [1.165, 1.54) is 0 Å². The van der Waals surface area contributed by atoms with Crippen molar-refractivity contribution in [3.63, 3.8) is 0 Å². The van der Waals surface area contributed by atoms with Gasteiger partial charge in [-0.15, -0.1) is 0 Å². The Labute approximate surface area is 126 Å². The monoisotopic (exact) mass is 287 g/mol. The van der Waals surface area contributed by atoms with E-state index in [0.717, 1.165) is 5.46 Å². The third-order valence-corrected chi connectivity index (χ3v) is 3.23. The fraction of sp³-hybridized carbons (Fsp3) is 0.438. The quantitative estimate of drug-likeness (QED) is 0.849.